The molecule has 0 aliphatic carbocycles. The predicted molar refractivity (Wildman–Crippen MR) is 86.5 cm³/mol. The second-order valence-electron chi connectivity index (χ2n) is 6.20. The van der Waals surface area contributed by atoms with E-state index in [0.29, 0.717) is 11.8 Å². The summed E-state index contributed by atoms with van der Waals surface area (Å²) in [5.74, 6) is 2.07. The fourth-order valence-corrected chi connectivity index (χ4v) is 2.89. The first-order valence-corrected chi connectivity index (χ1v) is 7.72. The first-order chi connectivity index (χ1) is 9.47. The number of furan rings is 1. The van der Waals surface area contributed by atoms with E-state index in [2.05, 4.69) is 59.0 Å². The molecule has 1 aromatic heterocycles. The highest BCUT2D eigenvalue weighted by atomic mass is 16.3. The summed E-state index contributed by atoms with van der Waals surface area (Å²) in [6.45, 7) is 15.0. The summed E-state index contributed by atoms with van der Waals surface area (Å²) in [7, 11) is 0. The molecule has 0 radical (unpaired) electrons. The van der Waals surface area contributed by atoms with Crippen molar-refractivity contribution in [1.29, 1.82) is 0 Å². The summed E-state index contributed by atoms with van der Waals surface area (Å²) in [6.07, 6.45) is 0. The first kappa shape index (κ1) is 15.1. The number of nitrogens with one attached hydrogen (secondary N) is 1. The molecular weight excluding hydrogens is 246 g/mol. The zero-order valence-electron chi connectivity index (χ0n) is 13.6. The number of hydrogen-bond acceptors (Lipinski definition) is 2. The third-order valence-electron chi connectivity index (χ3n) is 3.93. The van der Waals surface area contributed by atoms with Gasteiger partial charge in [0, 0.05) is 10.9 Å². The fourth-order valence-electron chi connectivity index (χ4n) is 2.89. The van der Waals surface area contributed by atoms with Crippen molar-refractivity contribution in [3.05, 3.63) is 34.6 Å². The molecule has 1 aromatic carbocycles. The van der Waals surface area contributed by atoms with Gasteiger partial charge in [-0.1, -0.05) is 46.8 Å². The Labute approximate surface area is 122 Å². The number of fused-ring (bicyclic) bond motifs is 1. The molecule has 0 fully saturated rings. The third kappa shape index (κ3) is 2.62. The number of hydrogen-bond donors (Lipinski definition) is 1. The zero-order valence-corrected chi connectivity index (χ0v) is 13.6. The Bertz CT molecular complexity index is 593. The van der Waals surface area contributed by atoms with E-state index in [1.165, 1.54) is 22.1 Å². The van der Waals surface area contributed by atoms with Crippen molar-refractivity contribution in [2.45, 2.75) is 59.9 Å². The second kappa shape index (κ2) is 6.01. The predicted octanol–water partition coefficient (Wildman–Crippen LogP) is 5.10. The van der Waals surface area contributed by atoms with E-state index in [0.717, 1.165) is 24.4 Å². The van der Waals surface area contributed by atoms with Gasteiger partial charge in [-0.05, 0) is 36.4 Å². The van der Waals surface area contributed by atoms with Gasteiger partial charge in [0.05, 0.1) is 6.54 Å². The van der Waals surface area contributed by atoms with Crippen LogP contribution in [0.2, 0.25) is 0 Å². The van der Waals surface area contributed by atoms with Crippen LogP contribution in [0.3, 0.4) is 0 Å². The van der Waals surface area contributed by atoms with Crippen LogP contribution in [0.1, 0.15) is 68.9 Å². The Hall–Kier alpha value is -1.28. The molecule has 0 amide bonds. The second-order valence-corrected chi connectivity index (χ2v) is 6.20. The molecule has 0 unspecified atom stereocenters. The number of rotatable bonds is 5. The van der Waals surface area contributed by atoms with Crippen LogP contribution in [0, 0.1) is 6.92 Å². The summed E-state index contributed by atoms with van der Waals surface area (Å²) in [5.41, 5.74) is 5.10. The molecule has 2 heteroatoms. The van der Waals surface area contributed by atoms with Crippen LogP contribution < -0.4 is 5.32 Å². The van der Waals surface area contributed by atoms with Crippen molar-refractivity contribution < 1.29 is 4.42 Å². The van der Waals surface area contributed by atoms with Gasteiger partial charge < -0.3 is 9.73 Å². The van der Waals surface area contributed by atoms with Gasteiger partial charge in [0.15, 0.2) is 0 Å². The van der Waals surface area contributed by atoms with E-state index in [-0.39, 0.29) is 0 Å². The van der Waals surface area contributed by atoms with Gasteiger partial charge in [-0.3, -0.25) is 0 Å². The molecule has 0 atom stereocenters. The van der Waals surface area contributed by atoms with E-state index in [1.54, 1.807) is 0 Å². The smallest absolute Gasteiger partial charge is 0.138 e. The van der Waals surface area contributed by atoms with Gasteiger partial charge in [-0.15, -0.1) is 0 Å². The minimum atomic E-state index is 0.478. The molecule has 1 heterocycles. The fraction of sp³-hybridized carbons (Fsp3) is 0.556. The van der Waals surface area contributed by atoms with Crippen molar-refractivity contribution >= 4 is 11.0 Å². The van der Waals surface area contributed by atoms with Crippen LogP contribution in [0.4, 0.5) is 0 Å². The Morgan fingerprint density at radius 2 is 1.80 bits per heavy atom. The lowest BCUT2D eigenvalue weighted by Gasteiger charge is -2.10. The van der Waals surface area contributed by atoms with Gasteiger partial charge in [0.25, 0.3) is 0 Å². The summed E-state index contributed by atoms with van der Waals surface area (Å²) in [4.78, 5) is 0. The molecule has 0 aliphatic heterocycles. The maximum Gasteiger partial charge on any atom is 0.138 e. The first-order valence-electron chi connectivity index (χ1n) is 7.72. The summed E-state index contributed by atoms with van der Waals surface area (Å²) in [5, 5.41) is 4.73. The standard InChI is InChI=1S/C18H27NO/c1-7-19-10-15-16(12(4)5)17-13(6)8-9-14(11(2)3)18(17)20-15/h8-9,11-12,19H,7,10H2,1-6H3. The minimum absolute atomic E-state index is 0.478. The zero-order chi connectivity index (χ0) is 14.9. The van der Waals surface area contributed by atoms with E-state index in [1.807, 2.05) is 0 Å². The van der Waals surface area contributed by atoms with E-state index >= 15 is 0 Å². The minimum Gasteiger partial charge on any atom is -0.459 e. The SMILES string of the molecule is CCNCc1oc2c(C(C)C)ccc(C)c2c1C(C)C. The van der Waals surface area contributed by atoms with Crippen molar-refractivity contribution in [2.75, 3.05) is 6.54 Å². The van der Waals surface area contributed by atoms with Crippen LogP contribution in [0.25, 0.3) is 11.0 Å². The van der Waals surface area contributed by atoms with Crippen molar-refractivity contribution in [1.82, 2.24) is 5.32 Å². The quantitative estimate of drug-likeness (QED) is 0.820. The maximum absolute atomic E-state index is 6.27. The van der Waals surface area contributed by atoms with Crippen LogP contribution in [-0.2, 0) is 6.54 Å². The number of benzene rings is 1. The lowest BCUT2D eigenvalue weighted by molar-refractivity contribution is 0.506. The average molecular weight is 273 g/mol. The molecule has 0 bridgehead atoms. The van der Waals surface area contributed by atoms with Crippen molar-refractivity contribution in [2.24, 2.45) is 0 Å². The maximum atomic E-state index is 6.27. The van der Waals surface area contributed by atoms with Gasteiger partial charge >= 0.3 is 0 Å². The Kier molecular flexibility index (Phi) is 4.54. The van der Waals surface area contributed by atoms with E-state index in [4.69, 9.17) is 4.42 Å². The van der Waals surface area contributed by atoms with E-state index in [9.17, 15) is 0 Å². The molecule has 2 nitrogen and oxygen atoms in total. The normalized spacial score (nSPS) is 12.0. The Morgan fingerprint density at radius 1 is 1.10 bits per heavy atom. The summed E-state index contributed by atoms with van der Waals surface area (Å²) in [6, 6.07) is 4.45. The van der Waals surface area contributed by atoms with Crippen molar-refractivity contribution in [3.8, 4) is 0 Å². The molecular formula is C18H27NO. The van der Waals surface area contributed by atoms with Crippen LogP contribution in [0.5, 0.6) is 0 Å². The Morgan fingerprint density at radius 3 is 2.35 bits per heavy atom. The van der Waals surface area contributed by atoms with Crippen LogP contribution in [0.15, 0.2) is 16.5 Å². The lowest BCUT2D eigenvalue weighted by atomic mass is 9.92. The average Bonchev–Trinajstić information content (AvgIpc) is 2.76. The molecule has 2 aromatic rings. The largest absolute Gasteiger partial charge is 0.459 e. The van der Waals surface area contributed by atoms with Crippen LogP contribution in [-0.4, -0.2) is 6.54 Å². The van der Waals surface area contributed by atoms with Gasteiger partial charge in [0.1, 0.15) is 11.3 Å². The topological polar surface area (TPSA) is 25.2 Å². The highest BCUT2D eigenvalue weighted by Gasteiger charge is 2.21. The summed E-state index contributed by atoms with van der Waals surface area (Å²) < 4.78 is 6.27. The van der Waals surface area contributed by atoms with Crippen LogP contribution >= 0.6 is 0 Å². The summed E-state index contributed by atoms with van der Waals surface area (Å²) >= 11 is 0. The molecule has 0 saturated carbocycles. The molecule has 0 aliphatic rings. The Balaban J connectivity index is 2.71. The van der Waals surface area contributed by atoms with Gasteiger partial charge in [-0.2, -0.15) is 0 Å². The monoisotopic (exact) mass is 273 g/mol. The molecule has 110 valence electrons. The molecule has 1 N–H and O–H groups in total. The van der Waals surface area contributed by atoms with E-state index < -0.39 is 0 Å². The molecule has 2 rings (SSSR count). The number of aryl methyl sites for hydroxylation is 1. The molecule has 20 heavy (non-hydrogen) atoms. The highest BCUT2D eigenvalue weighted by molar-refractivity contribution is 5.89. The lowest BCUT2D eigenvalue weighted by Crippen LogP contribution is -2.12. The van der Waals surface area contributed by atoms with Crippen molar-refractivity contribution in [3.63, 3.8) is 0 Å². The highest BCUT2D eigenvalue weighted by Crippen LogP contribution is 2.37. The van der Waals surface area contributed by atoms with Gasteiger partial charge in [-0.25, -0.2) is 0 Å². The molecule has 0 spiro atoms. The molecule has 0 saturated heterocycles. The van der Waals surface area contributed by atoms with Gasteiger partial charge in [0.2, 0.25) is 0 Å². The third-order valence-corrected chi connectivity index (χ3v) is 3.93.